The first kappa shape index (κ1) is 17.8. The van der Waals surface area contributed by atoms with Crippen LogP contribution in [0.3, 0.4) is 0 Å². The normalized spacial score (nSPS) is 16.1. The number of halogens is 2. The largest absolute Gasteiger partial charge is 0.493 e. The molecule has 1 fully saturated rings. The lowest BCUT2D eigenvalue weighted by molar-refractivity contribution is -0.118. The second-order valence-electron chi connectivity index (χ2n) is 6.51. The zero-order valence-electron chi connectivity index (χ0n) is 14.2. The second-order valence-corrected chi connectivity index (χ2v) is 7.42. The van der Waals surface area contributed by atoms with Crippen LogP contribution in [0.1, 0.15) is 10.4 Å². The Morgan fingerprint density at radius 2 is 2.04 bits per heavy atom. The number of carbonyl (C=O) groups excluding carboxylic acids is 2. The van der Waals surface area contributed by atoms with Crippen LogP contribution in [0.25, 0.3) is 0 Å². The predicted molar refractivity (Wildman–Crippen MR) is 99.6 cm³/mol. The van der Waals surface area contributed by atoms with E-state index in [1.54, 1.807) is 4.90 Å². The van der Waals surface area contributed by atoms with E-state index in [-0.39, 0.29) is 29.7 Å². The third-order valence-electron chi connectivity index (χ3n) is 4.48. The Labute approximate surface area is 163 Å². The highest BCUT2D eigenvalue weighted by molar-refractivity contribution is 9.10. The molecule has 2 aromatic carbocycles. The van der Waals surface area contributed by atoms with Crippen LogP contribution in [0.15, 0.2) is 40.9 Å². The molecule has 0 radical (unpaired) electrons. The molecule has 4 rings (SSSR count). The number of nitrogens with zero attached hydrogens (tertiary/aromatic N) is 1. The van der Waals surface area contributed by atoms with Crippen LogP contribution in [0, 0.1) is 11.7 Å². The fourth-order valence-corrected chi connectivity index (χ4v) is 3.29. The molecule has 2 amide bonds. The molecule has 0 spiro atoms. The van der Waals surface area contributed by atoms with Crippen molar-refractivity contribution in [1.82, 2.24) is 4.90 Å². The number of nitrogens with one attached hydrogen (secondary N) is 1. The second kappa shape index (κ2) is 7.19. The predicted octanol–water partition coefficient (Wildman–Crippen LogP) is 3.07. The summed E-state index contributed by atoms with van der Waals surface area (Å²) in [5.74, 6) is -0.213. The van der Waals surface area contributed by atoms with Gasteiger partial charge in [0.25, 0.3) is 11.8 Å². The van der Waals surface area contributed by atoms with Gasteiger partial charge in [0.2, 0.25) is 0 Å². The molecule has 6 nitrogen and oxygen atoms in total. The molecule has 2 aliphatic heterocycles. The molecule has 0 bridgehead atoms. The zero-order valence-corrected chi connectivity index (χ0v) is 15.8. The summed E-state index contributed by atoms with van der Waals surface area (Å²) in [5.41, 5.74) is 0.235. The summed E-state index contributed by atoms with van der Waals surface area (Å²) < 4.78 is 26.1. The molecule has 0 unspecified atom stereocenters. The number of anilines is 1. The van der Waals surface area contributed by atoms with Crippen LogP contribution in [-0.2, 0) is 4.79 Å². The van der Waals surface area contributed by atoms with Crippen molar-refractivity contribution in [3.63, 3.8) is 0 Å². The van der Waals surface area contributed by atoms with Crippen LogP contribution in [-0.4, -0.2) is 43.0 Å². The molecule has 2 heterocycles. The van der Waals surface area contributed by atoms with Crippen molar-refractivity contribution < 1.29 is 23.5 Å². The number of benzene rings is 2. The quantitative estimate of drug-likeness (QED) is 0.802. The highest BCUT2D eigenvalue weighted by atomic mass is 79.9. The fourth-order valence-electron chi connectivity index (χ4n) is 3.02. The Kier molecular flexibility index (Phi) is 4.73. The number of fused-ring (bicyclic) bond motifs is 1. The fraction of sp³-hybridized carbons (Fsp3) is 0.263. The van der Waals surface area contributed by atoms with Gasteiger partial charge in [-0.1, -0.05) is 15.9 Å². The summed E-state index contributed by atoms with van der Waals surface area (Å²) in [7, 11) is 0. The van der Waals surface area contributed by atoms with Gasteiger partial charge in [0, 0.05) is 29.5 Å². The Bertz CT molecular complexity index is 897. The Balaban J connectivity index is 1.35. The smallest absolute Gasteiger partial charge is 0.262 e. The Morgan fingerprint density at radius 3 is 2.78 bits per heavy atom. The molecule has 0 aromatic heterocycles. The van der Waals surface area contributed by atoms with E-state index in [0.717, 1.165) is 16.3 Å². The molecule has 0 saturated carbocycles. The van der Waals surface area contributed by atoms with E-state index >= 15 is 0 Å². The maximum absolute atomic E-state index is 14.3. The third kappa shape index (κ3) is 3.75. The van der Waals surface area contributed by atoms with Crippen molar-refractivity contribution in [2.24, 2.45) is 5.92 Å². The molecule has 1 N–H and O–H groups in total. The molecule has 140 valence electrons. The van der Waals surface area contributed by atoms with Gasteiger partial charge in [0.1, 0.15) is 17.3 Å². The summed E-state index contributed by atoms with van der Waals surface area (Å²) >= 11 is 3.37. The number of ether oxygens (including phenoxy) is 2. The van der Waals surface area contributed by atoms with Gasteiger partial charge in [-0.05, 0) is 30.3 Å². The number of carbonyl (C=O) groups is 2. The summed E-state index contributed by atoms with van der Waals surface area (Å²) in [6.45, 7) is 1.32. The third-order valence-corrected chi connectivity index (χ3v) is 5.00. The van der Waals surface area contributed by atoms with Crippen molar-refractivity contribution in [3.8, 4) is 11.5 Å². The summed E-state index contributed by atoms with van der Waals surface area (Å²) in [6, 6.07) is 9.99. The Hall–Kier alpha value is -2.61. The monoisotopic (exact) mass is 434 g/mol. The molecular weight excluding hydrogens is 419 g/mol. The SMILES string of the molecule is O=C1COc2cc(F)c(C(=O)N3CC(COc4ccc(Br)cc4)C3)cc2N1. The maximum atomic E-state index is 14.3. The lowest BCUT2D eigenvalue weighted by Gasteiger charge is -2.39. The number of amides is 2. The van der Waals surface area contributed by atoms with Crippen LogP contribution in [0.5, 0.6) is 11.5 Å². The minimum Gasteiger partial charge on any atom is -0.493 e. The topological polar surface area (TPSA) is 67.9 Å². The van der Waals surface area contributed by atoms with Gasteiger partial charge in [-0.25, -0.2) is 4.39 Å². The van der Waals surface area contributed by atoms with Gasteiger partial charge in [0.15, 0.2) is 6.61 Å². The van der Waals surface area contributed by atoms with E-state index in [1.807, 2.05) is 24.3 Å². The maximum Gasteiger partial charge on any atom is 0.262 e. The molecule has 2 aliphatic rings. The standard InChI is InChI=1S/C19H16BrFN2O4/c20-12-1-3-13(4-2-12)26-9-11-7-23(8-11)19(25)14-5-16-17(6-15(14)21)27-10-18(24)22-16/h1-6,11H,7-10H2,(H,22,24). The average Bonchev–Trinajstić information content (AvgIpc) is 2.61. The molecular formula is C19H16BrFN2O4. The minimum absolute atomic E-state index is 0.0770. The van der Waals surface area contributed by atoms with Gasteiger partial charge >= 0.3 is 0 Å². The summed E-state index contributed by atoms with van der Waals surface area (Å²) in [6.07, 6.45) is 0. The summed E-state index contributed by atoms with van der Waals surface area (Å²) in [5, 5.41) is 2.58. The first-order valence-electron chi connectivity index (χ1n) is 8.43. The van der Waals surface area contributed by atoms with Crippen molar-refractivity contribution in [1.29, 1.82) is 0 Å². The van der Waals surface area contributed by atoms with E-state index in [9.17, 15) is 14.0 Å². The number of hydrogen-bond donors (Lipinski definition) is 1. The minimum atomic E-state index is -0.663. The van der Waals surface area contributed by atoms with E-state index in [2.05, 4.69) is 21.2 Å². The van der Waals surface area contributed by atoms with E-state index in [1.165, 1.54) is 6.07 Å². The van der Waals surface area contributed by atoms with Crippen molar-refractivity contribution in [3.05, 3.63) is 52.3 Å². The highest BCUT2D eigenvalue weighted by Crippen LogP contribution is 2.32. The lowest BCUT2D eigenvalue weighted by Crippen LogP contribution is -2.52. The van der Waals surface area contributed by atoms with Gasteiger partial charge in [-0.3, -0.25) is 9.59 Å². The van der Waals surface area contributed by atoms with Crippen LogP contribution < -0.4 is 14.8 Å². The van der Waals surface area contributed by atoms with Crippen LogP contribution in [0.4, 0.5) is 10.1 Å². The van der Waals surface area contributed by atoms with Gasteiger partial charge < -0.3 is 19.7 Å². The summed E-state index contributed by atoms with van der Waals surface area (Å²) in [4.78, 5) is 25.5. The molecule has 0 aliphatic carbocycles. The van der Waals surface area contributed by atoms with Gasteiger partial charge in [-0.2, -0.15) is 0 Å². The van der Waals surface area contributed by atoms with Crippen LogP contribution >= 0.6 is 15.9 Å². The first-order chi connectivity index (χ1) is 13.0. The van der Waals surface area contributed by atoms with E-state index in [4.69, 9.17) is 9.47 Å². The molecule has 1 saturated heterocycles. The highest BCUT2D eigenvalue weighted by Gasteiger charge is 2.33. The molecule has 8 heteroatoms. The Morgan fingerprint density at radius 1 is 1.30 bits per heavy atom. The lowest BCUT2D eigenvalue weighted by atomic mass is 9.99. The first-order valence-corrected chi connectivity index (χ1v) is 9.23. The van der Waals surface area contributed by atoms with Crippen LogP contribution in [0.2, 0.25) is 0 Å². The van der Waals surface area contributed by atoms with Gasteiger partial charge in [0.05, 0.1) is 17.9 Å². The molecule has 0 atom stereocenters. The van der Waals surface area contributed by atoms with Crippen molar-refractivity contribution in [2.75, 3.05) is 31.6 Å². The number of likely N-dealkylation sites (tertiary alicyclic amines) is 1. The van der Waals surface area contributed by atoms with E-state index in [0.29, 0.717) is 25.4 Å². The van der Waals surface area contributed by atoms with Crippen molar-refractivity contribution >= 4 is 33.4 Å². The molecule has 27 heavy (non-hydrogen) atoms. The zero-order chi connectivity index (χ0) is 19.0. The average molecular weight is 435 g/mol. The van der Waals surface area contributed by atoms with Crippen molar-refractivity contribution in [2.45, 2.75) is 0 Å². The van der Waals surface area contributed by atoms with Gasteiger partial charge in [-0.15, -0.1) is 0 Å². The molecule has 2 aromatic rings. The number of hydrogen-bond acceptors (Lipinski definition) is 4. The number of rotatable bonds is 4. The van der Waals surface area contributed by atoms with E-state index < -0.39 is 11.7 Å².